The van der Waals surface area contributed by atoms with E-state index in [1.54, 1.807) is 18.4 Å². The van der Waals surface area contributed by atoms with Crippen LogP contribution in [-0.2, 0) is 15.6 Å². The van der Waals surface area contributed by atoms with Crippen LogP contribution in [0.5, 0.6) is 0 Å². The van der Waals surface area contributed by atoms with Crippen molar-refractivity contribution in [3.8, 4) is 0 Å². The molecule has 0 aromatic heterocycles. The van der Waals surface area contributed by atoms with Crippen LogP contribution < -0.4 is 5.32 Å². The van der Waals surface area contributed by atoms with E-state index in [2.05, 4.69) is 5.32 Å². The third-order valence-electron chi connectivity index (χ3n) is 3.40. The van der Waals surface area contributed by atoms with Crippen molar-refractivity contribution < 1.29 is 9.00 Å². The number of hydrogen-bond donors (Lipinski definition) is 1. The van der Waals surface area contributed by atoms with Gasteiger partial charge in [-0.05, 0) is 36.5 Å². The predicted molar refractivity (Wildman–Crippen MR) is 83.9 cm³/mol. The standard InChI is InChI=1S/C14H17Cl2NO2S/c1-20(19)6-2-5-17-14(18)12-8-11(12)10-4-3-9(15)7-13(10)16/h3-4,7,11-12H,2,5-6,8H2,1H3,(H,17,18)/t11-,12+,20-/m0/s1. The summed E-state index contributed by atoms with van der Waals surface area (Å²) in [5.41, 5.74) is 0.992. The van der Waals surface area contributed by atoms with Gasteiger partial charge in [-0.2, -0.15) is 0 Å². The highest BCUT2D eigenvalue weighted by molar-refractivity contribution is 7.84. The lowest BCUT2D eigenvalue weighted by atomic mass is 10.1. The number of carbonyl (C=O) groups is 1. The molecule has 0 saturated heterocycles. The molecule has 3 atom stereocenters. The molecule has 1 saturated carbocycles. The van der Waals surface area contributed by atoms with Gasteiger partial charge in [0, 0.05) is 45.3 Å². The molecule has 1 aliphatic carbocycles. The molecule has 20 heavy (non-hydrogen) atoms. The van der Waals surface area contributed by atoms with E-state index in [0.717, 1.165) is 18.4 Å². The minimum atomic E-state index is -0.799. The molecule has 1 amide bonds. The quantitative estimate of drug-likeness (QED) is 0.813. The average Bonchev–Trinajstić information content (AvgIpc) is 3.14. The summed E-state index contributed by atoms with van der Waals surface area (Å²) < 4.78 is 10.9. The van der Waals surface area contributed by atoms with Gasteiger partial charge in [0.1, 0.15) is 0 Å². The van der Waals surface area contributed by atoms with Gasteiger partial charge in [-0.3, -0.25) is 9.00 Å². The van der Waals surface area contributed by atoms with Crippen LogP contribution in [-0.4, -0.2) is 28.7 Å². The minimum absolute atomic E-state index is 0.000740. The average molecular weight is 334 g/mol. The Balaban J connectivity index is 1.82. The number of amides is 1. The second-order valence-electron chi connectivity index (χ2n) is 5.04. The zero-order valence-electron chi connectivity index (χ0n) is 11.2. The van der Waals surface area contributed by atoms with E-state index in [1.807, 2.05) is 6.07 Å². The lowest BCUT2D eigenvalue weighted by Crippen LogP contribution is -2.27. The summed E-state index contributed by atoms with van der Waals surface area (Å²) in [6.07, 6.45) is 3.24. The Bertz CT molecular complexity index is 536. The molecule has 0 aliphatic heterocycles. The molecule has 0 radical (unpaired) electrons. The fraction of sp³-hybridized carbons (Fsp3) is 0.500. The maximum Gasteiger partial charge on any atom is 0.223 e. The SMILES string of the molecule is C[S@](=O)CCCNC(=O)[C@@H]1C[C@H]1c1ccc(Cl)cc1Cl. The maximum atomic E-state index is 12.0. The molecule has 1 aliphatic rings. The molecule has 1 aromatic rings. The van der Waals surface area contributed by atoms with Crippen LogP contribution >= 0.6 is 23.2 Å². The zero-order valence-corrected chi connectivity index (χ0v) is 13.5. The monoisotopic (exact) mass is 333 g/mol. The molecule has 0 spiro atoms. The number of rotatable bonds is 6. The lowest BCUT2D eigenvalue weighted by Gasteiger charge is -2.06. The first-order chi connectivity index (χ1) is 9.49. The van der Waals surface area contributed by atoms with Crippen LogP contribution in [0, 0.1) is 5.92 Å². The van der Waals surface area contributed by atoms with Gasteiger partial charge in [0.15, 0.2) is 0 Å². The van der Waals surface area contributed by atoms with Crippen LogP contribution in [0.2, 0.25) is 10.0 Å². The molecule has 0 heterocycles. The van der Waals surface area contributed by atoms with Crippen molar-refractivity contribution in [3.05, 3.63) is 33.8 Å². The van der Waals surface area contributed by atoms with Crippen molar-refractivity contribution in [3.63, 3.8) is 0 Å². The highest BCUT2D eigenvalue weighted by Gasteiger charge is 2.44. The van der Waals surface area contributed by atoms with E-state index in [0.29, 0.717) is 22.3 Å². The van der Waals surface area contributed by atoms with Gasteiger partial charge in [0.05, 0.1) is 0 Å². The summed E-state index contributed by atoms with van der Waals surface area (Å²) in [6.45, 7) is 0.579. The highest BCUT2D eigenvalue weighted by atomic mass is 35.5. The van der Waals surface area contributed by atoms with Crippen molar-refractivity contribution in [1.29, 1.82) is 0 Å². The third kappa shape index (κ3) is 4.21. The highest BCUT2D eigenvalue weighted by Crippen LogP contribution is 2.49. The maximum absolute atomic E-state index is 12.0. The van der Waals surface area contributed by atoms with Gasteiger partial charge in [-0.1, -0.05) is 29.3 Å². The number of carbonyl (C=O) groups excluding carboxylic acids is 1. The largest absolute Gasteiger partial charge is 0.356 e. The molecule has 2 rings (SSSR count). The first kappa shape index (κ1) is 15.8. The van der Waals surface area contributed by atoms with Gasteiger partial charge < -0.3 is 5.32 Å². The number of nitrogens with one attached hydrogen (secondary N) is 1. The minimum Gasteiger partial charge on any atom is -0.356 e. The van der Waals surface area contributed by atoms with Gasteiger partial charge in [0.2, 0.25) is 5.91 Å². The Morgan fingerprint density at radius 2 is 2.20 bits per heavy atom. The normalized spacial score (nSPS) is 22.4. The smallest absolute Gasteiger partial charge is 0.223 e. The van der Waals surface area contributed by atoms with E-state index in [-0.39, 0.29) is 17.7 Å². The summed E-state index contributed by atoms with van der Waals surface area (Å²) in [5.74, 6) is 0.876. The zero-order chi connectivity index (χ0) is 14.7. The number of halogens is 2. The van der Waals surface area contributed by atoms with Crippen LogP contribution in [0.25, 0.3) is 0 Å². The topological polar surface area (TPSA) is 46.2 Å². The summed E-state index contributed by atoms with van der Waals surface area (Å²) >= 11 is 12.0. The first-order valence-electron chi connectivity index (χ1n) is 6.51. The molecule has 6 heteroatoms. The number of hydrogen-bond acceptors (Lipinski definition) is 2. The van der Waals surface area contributed by atoms with Crippen molar-refractivity contribution in [2.75, 3.05) is 18.6 Å². The molecule has 1 N–H and O–H groups in total. The Kier molecular flexibility index (Phi) is 5.47. The summed E-state index contributed by atoms with van der Waals surface area (Å²) in [4.78, 5) is 12.0. The predicted octanol–water partition coefficient (Wildman–Crippen LogP) is 2.98. The van der Waals surface area contributed by atoms with Gasteiger partial charge in [0.25, 0.3) is 0 Å². The molecule has 0 unspecified atom stereocenters. The van der Waals surface area contributed by atoms with Crippen LogP contribution in [0.1, 0.15) is 24.3 Å². The van der Waals surface area contributed by atoms with Crippen molar-refractivity contribution in [2.24, 2.45) is 5.92 Å². The molecule has 0 bridgehead atoms. The van der Waals surface area contributed by atoms with Crippen molar-refractivity contribution in [1.82, 2.24) is 5.32 Å². The van der Waals surface area contributed by atoms with E-state index >= 15 is 0 Å². The first-order valence-corrected chi connectivity index (χ1v) is 9.00. The second kappa shape index (κ2) is 6.92. The van der Waals surface area contributed by atoms with Crippen LogP contribution in [0.15, 0.2) is 18.2 Å². The molecular formula is C14H17Cl2NO2S. The van der Waals surface area contributed by atoms with Crippen LogP contribution in [0.4, 0.5) is 0 Å². The van der Waals surface area contributed by atoms with Crippen molar-refractivity contribution >= 4 is 39.9 Å². The summed E-state index contributed by atoms with van der Waals surface area (Å²) in [6, 6.07) is 5.40. The fourth-order valence-corrected chi connectivity index (χ4v) is 3.35. The van der Waals surface area contributed by atoms with Gasteiger partial charge in [-0.15, -0.1) is 0 Å². The van der Waals surface area contributed by atoms with E-state index < -0.39 is 10.8 Å². The molecule has 110 valence electrons. The summed E-state index contributed by atoms with van der Waals surface area (Å²) in [7, 11) is -0.799. The van der Waals surface area contributed by atoms with E-state index in [4.69, 9.17) is 23.2 Å². The second-order valence-corrected chi connectivity index (χ2v) is 7.43. The Labute approximate surface area is 131 Å². The molecule has 1 aromatic carbocycles. The summed E-state index contributed by atoms with van der Waals surface area (Å²) in [5, 5.41) is 4.12. The molecule has 3 nitrogen and oxygen atoms in total. The Hall–Kier alpha value is -0.580. The Morgan fingerprint density at radius 3 is 2.85 bits per heavy atom. The fourth-order valence-electron chi connectivity index (χ4n) is 2.25. The van der Waals surface area contributed by atoms with Gasteiger partial charge >= 0.3 is 0 Å². The molecule has 1 fully saturated rings. The van der Waals surface area contributed by atoms with E-state index in [1.165, 1.54) is 0 Å². The molecular weight excluding hydrogens is 317 g/mol. The third-order valence-corrected chi connectivity index (χ3v) is 4.82. The lowest BCUT2D eigenvalue weighted by molar-refractivity contribution is -0.122. The number of benzene rings is 1. The van der Waals surface area contributed by atoms with Gasteiger partial charge in [-0.25, -0.2) is 0 Å². The van der Waals surface area contributed by atoms with Crippen molar-refractivity contribution in [2.45, 2.75) is 18.8 Å². The Morgan fingerprint density at radius 1 is 1.45 bits per heavy atom. The van der Waals surface area contributed by atoms with E-state index in [9.17, 15) is 9.00 Å². The van der Waals surface area contributed by atoms with Crippen LogP contribution in [0.3, 0.4) is 0 Å².